The highest BCUT2D eigenvalue weighted by molar-refractivity contribution is 5.86. The Morgan fingerprint density at radius 2 is 1.62 bits per heavy atom. The number of amides is 2. The molecule has 3 N–H and O–H groups in total. The van der Waals surface area contributed by atoms with E-state index in [1.165, 1.54) is 12.1 Å². The van der Waals surface area contributed by atoms with E-state index in [2.05, 4.69) is 22.8 Å². The Bertz CT molecular complexity index is 1200. The van der Waals surface area contributed by atoms with E-state index in [4.69, 9.17) is 14.3 Å². The van der Waals surface area contributed by atoms with Gasteiger partial charge in [-0.2, -0.15) is 0 Å². The van der Waals surface area contributed by atoms with Gasteiger partial charge < -0.3 is 24.9 Å². The van der Waals surface area contributed by atoms with Crippen molar-refractivity contribution in [2.45, 2.75) is 31.3 Å². The van der Waals surface area contributed by atoms with Gasteiger partial charge in [0.1, 0.15) is 18.4 Å². The number of ether oxygens (including phenoxy) is 1. The molecule has 8 heteroatoms. The maximum Gasteiger partial charge on any atom is 0.407 e. The van der Waals surface area contributed by atoms with Gasteiger partial charge in [-0.15, -0.1) is 0 Å². The SMILES string of the molecule is O=C(NC(C(=O)NCc1ccc(C(=O)O)o1)C1CC1)OCC1c2ccccc2-c2ccccc21. The molecule has 0 bridgehead atoms. The van der Waals surface area contributed by atoms with Crippen LogP contribution < -0.4 is 10.6 Å². The number of furan rings is 1. The van der Waals surface area contributed by atoms with Gasteiger partial charge in [-0.05, 0) is 53.1 Å². The second-order valence-electron chi connectivity index (χ2n) is 8.57. The lowest BCUT2D eigenvalue weighted by Crippen LogP contribution is -2.48. The lowest BCUT2D eigenvalue weighted by Gasteiger charge is -2.19. The number of alkyl carbamates (subject to hydrolysis) is 1. The fourth-order valence-corrected chi connectivity index (χ4v) is 4.47. The molecular formula is C26H24N2O6. The molecular weight excluding hydrogens is 436 g/mol. The van der Waals surface area contributed by atoms with Gasteiger partial charge in [-0.3, -0.25) is 4.79 Å². The van der Waals surface area contributed by atoms with Crippen LogP contribution >= 0.6 is 0 Å². The molecule has 174 valence electrons. The van der Waals surface area contributed by atoms with Crippen LogP contribution in [0.4, 0.5) is 4.79 Å². The van der Waals surface area contributed by atoms with E-state index in [1.54, 1.807) is 0 Å². The number of carboxylic acids is 1. The molecule has 8 nitrogen and oxygen atoms in total. The van der Waals surface area contributed by atoms with Crippen LogP contribution in [0.3, 0.4) is 0 Å². The summed E-state index contributed by atoms with van der Waals surface area (Å²) < 4.78 is 10.7. The molecule has 2 aliphatic rings. The molecule has 1 atom stereocenters. The third-order valence-corrected chi connectivity index (χ3v) is 6.30. The largest absolute Gasteiger partial charge is 0.475 e. The van der Waals surface area contributed by atoms with Crippen LogP contribution in [-0.4, -0.2) is 35.7 Å². The fourth-order valence-electron chi connectivity index (χ4n) is 4.47. The number of hydrogen-bond donors (Lipinski definition) is 3. The van der Waals surface area contributed by atoms with Crippen LogP contribution in [0.25, 0.3) is 11.1 Å². The predicted molar refractivity (Wildman–Crippen MR) is 122 cm³/mol. The van der Waals surface area contributed by atoms with Gasteiger partial charge in [-0.1, -0.05) is 48.5 Å². The molecule has 3 aromatic rings. The first kappa shape index (κ1) is 21.8. The third kappa shape index (κ3) is 4.39. The van der Waals surface area contributed by atoms with E-state index in [0.29, 0.717) is 5.76 Å². The molecule has 2 aliphatic carbocycles. The van der Waals surface area contributed by atoms with Gasteiger partial charge in [0.25, 0.3) is 0 Å². The van der Waals surface area contributed by atoms with Gasteiger partial charge in [0.15, 0.2) is 0 Å². The zero-order valence-electron chi connectivity index (χ0n) is 18.3. The molecule has 1 saturated carbocycles. The number of fused-ring (bicyclic) bond motifs is 3. The first-order valence-corrected chi connectivity index (χ1v) is 11.2. The van der Waals surface area contributed by atoms with Gasteiger partial charge in [0.2, 0.25) is 11.7 Å². The van der Waals surface area contributed by atoms with Crippen molar-refractivity contribution in [3.05, 3.63) is 83.3 Å². The Morgan fingerprint density at radius 3 is 2.21 bits per heavy atom. The minimum atomic E-state index is -1.18. The predicted octanol–water partition coefficient (Wildman–Crippen LogP) is 3.91. The Morgan fingerprint density at radius 1 is 0.971 bits per heavy atom. The maximum absolute atomic E-state index is 12.7. The van der Waals surface area contributed by atoms with Crippen molar-refractivity contribution in [1.82, 2.24) is 10.6 Å². The summed E-state index contributed by atoms with van der Waals surface area (Å²) in [6, 6.07) is 18.3. The molecule has 1 aromatic heterocycles. The average Bonchev–Trinajstić information content (AvgIpc) is 3.48. The topological polar surface area (TPSA) is 118 Å². The second kappa shape index (κ2) is 9.05. The van der Waals surface area contributed by atoms with Crippen molar-refractivity contribution in [1.29, 1.82) is 0 Å². The van der Waals surface area contributed by atoms with Crippen molar-refractivity contribution in [2.75, 3.05) is 6.61 Å². The quantitative estimate of drug-likeness (QED) is 0.469. The van der Waals surface area contributed by atoms with Crippen molar-refractivity contribution in [3.8, 4) is 11.1 Å². The summed E-state index contributed by atoms with van der Waals surface area (Å²) in [6.45, 7) is 0.199. The molecule has 0 saturated heterocycles. The zero-order valence-corrected chi connectivity index (χ0v) is 18.3. The summed E-state index contributed by atoms with van der Waals surface area (Å²) in [7, 11) is 0. The van der Waals surface area contributed by atoms with Crippen LogP contribution in [0.1, 0.15) is 46.2 Å². The standard InChI is InChI=1S/C26H24N2O6/c29-24(27-13-16-11-12-22(34-16)25(30)31)23(15-9-10-15)28-26(32)33-14-21-19-7-3-1-5-17(19)18-6-2-4-8-20(18)21/h1-8,11-12,15,21,23H,9-10,13-14H2,(H,27,29)(H,28,32)(H,30,31). The first-order valence-electron chi connectivity index (χ1n) is 11.2. The molecule has 0 spiro atoms. The highest BCUT2D eigenvalue weighted by Crippen LogP contribution is 2.44. The minimum Gasteiger partial charge on any atom is -0.475 e. The van der Waals surface area contributed by atoms with E-state index < -0.39 is 18.1 Å². The molecule has 1 fully saturated rings. The summed E-state index contributed by atoms with van der Waals surface area (Å²) in [5.41, 5.74) is 4.52. The fraction of sp³-hybridized carbons (Fsp3) is 0.269. The number of benzene rings is 2. The summed E-state index contributed by atoms with van der Waals surface area (Å²) in [6.07, 6.45) is 1.04. The van der Waals surface area contributed by atoms with Crippen molar-refractivity contribution >= 4 is 18.0 Å². The van der Waals surface area contributed by atoms with Crippen molar-refractivity contribution in [2.24, 2.45) is 5.92 Å². The van der Waals surface area contributed by atoms with E-state index in [9.17, 15) is 14.4 Å². The highest BCUT2D eigenvalue weighted by Gasteiger charge is 2.38. The number of hydrogen-bond acceptors (Lipinski definition) is 5. The Hall–Kier alpha value is -4.07. The smallest absolute Gasteiger partial charge is 0.407 e. The van der Waals surface area contributed by atoms with Gasteiger partial charge in [0, 0.05) is 5.92 Å². The number of aromatic carboxylic acids is 1. The van der Waals surface area contributed by atoms with E-state index >= 15 is 0 Å². The number of rotatable bonds is 8. The Kier molecular flexibility index (Phi) is 5.79. The van der Waals surface area contributed by atoms with Crippen LogP contribution in [0.15, 0.2) is 65.1 Å². The van der Waals surface area contributed by atoms with Gasteiger partial charge in [0.05, 0.1) is 6.54 Å². The molecule has 0 aliphatic heterocycles. The van der Waals surface area contributed by atoms with E-state index in [0.717, 1.165) is 35.1 Å². The van der Waals surface area contributed by atoms with Crippen LogP contribution in [0.5, 0.6) is 0 Å². The summed E-state index contributed by atoms with van der Waals surface area (Å²) in [5, 5.41) is 14.4. The average molecular weight is 460 g/mol. The number of carbonyl (C=O) groups is 3. The lowest BCUT2D eigenvalue weighted by molar-refractivity contribution is -0.123. The van der Waals surface area contributed by atoms with E-state index in [1.807, 2.05) is 36.4 Å². The third-order valence-electron chi connectivity index (χ3n) is 6.30. The molecule has 5 rings (SSSR count). The lowest BCUT2D eigenvalue weighted by atomic mass is 9.98. The summed E-state index contributed by atoms with van der Waals surface area (Å²) >= 11 is 0. The Labute approximate surface area is 195 Å². The van der Waals surface area contributed by atoms with Gasteiger partial charge >= 0.3 is 12.1 Å². The molecule has 1 unspecified atom stereocenters. The zero-order chi connectivity index (χ0) is 23.7. The molecule has 2 aromatic carbocycles. The minimum absolute atomic E-state index is 0.0295. The van der Waals surface area contributed by atoms with Crippen LogP contribution in [-0.2, 0) is 16.1 Å². The maximum atomic E-state index is 12.7. The van der Waals surface area contributed by atoms with Crippen LogP contribution in [0.2, 0.25) is 0 Å². The number of nitrogens with one attached hydrogen (secondary N) is 2. The van der Waals surface area contributed by atoms with Crippen molar-refractivity contribution < 1.29 is 28.6 Å². The summed E-state index contributed by atoms with van der Waals surface area (Å²) in [5.74, 6) is -1.42. The monoisotopic (exact) mass is 460 g/mol. The molecule has 0 radical (unpaired) electrons. The summed E-state index contributed by atoms with van der Waals surface area (Å²) in [4.78, 5) is 36.3. The second-order valence-corrected chi connectivity index (χ2v) is 8.57. The Balaban J connectivity index is 1.19. The number of carbonyl (C=O) groups excluding carboxylic acids is 2. The first-order chi connectivity index (χ1) is 16.5. The van der Waals surface area contributed by atoms with Crippen LogP contribution in [0, 0.1) is 5.92 Å². The number of carboxylic acid groups (broad SMARTS) is 1. The van der Waals surface area contributed by atoms with Gasteiger partial charge in [-0.25, -0.2) is 9.59 Å². The molecule has 2 amide bonds. The normalized spacial score (nSPS) is 15.2. The van der Waals surface area contributed by atoms with E-state index in [-0.39, 0.29) is 36.7 Å². The highest BCUT2D eigenvalue weighted by atomic mass is 16.5. The molecule has 1 heterocycles. The molecule has 34 heavy (non-hydrogen) atoms. The van der Waals surface area contributed by atoms with Crippen molar-refractivity contribution in [3.63, 3.8) is 0 Å².